The van der Waals surface area contributed by atoms with Gasteiger partial charge in [0.15, 0.2) is 0 Å². The molecular formula is C27H36HfSi2-6. The van der Waals surface area contributed by atoms with Gasteiger partial charge in [-0.1, -0.05) is 62.9 Å². The van der Waals surface area contributed by atoms with E-state index in [4.69, 9.17) is 0 Å². The average Bonchev–Trinajstić information content (AvgIpc) is 3.26. The molecule has 3 heteroatoms. The molecule has 162 valence electrons. The fourth-order valence-electron chi connectivity index (χ4n) is 3.04. The fourth-order valence-corrected chi connectivity index (χ4v) is 3.04. The van der Waals surface area contributed by atoms with Crippen LogP contribution >= 0.6 is 0 Å². The van der Waals surface area contributed by atoms with Crippen molar-refractivity contribution < 1.29 is 20.2 Å². The normalized spacial score (nSPS) is 9.03. The van der Waals surface area contributed by atoms with Gasteiger partial charge in [0, 0.05) is 0 Å². The van der Waals surface area contributed by atoms with Gasteiger partial charge in [-0.3, -0.25) is 0 Å². The van der Waals surface area contributed by atoms with Crippen LogP contribution in [0, 0.1) is 35.1 Å². The summed E-state index contributed by atoms with van der Waals surface area (Å²) >= 11 is -0.306. The van der Waals surface area contributed by atoms with Gasteiger partial charge in [-0.15, -0.1) is 22.9 Å². The maximum atomic E-state index is 3.29. The van der Waals surface area contributed by atoms with E-state index in [0.717, 1.165) is 0 Å². The van der Waals surface area contributed by atoms with Crippen molar-refractivity contribution in [1.82, 2.24) is 0 Å². The third-order valence-electron chi connectivity index (χ3n) is 4.01. The fraction of sp³-hybridized carbons (Fsp3) is 0.185. The summed E-state index contributed by atoms with van der Waals surface area (Å²) in [6.45, 7) is 13.4. The second-order valence-electron chi connectivity index (χ2n) is 7.47. The second-order valence-corrected chi connectivity index (χ2v) is 16.6. The smallest absolute Gasteiger partial charge is 0.0370 e. The average molecular weight is 595 g/mol. The van der Waals surface area contributed by atoms with Gasteiger partial charge < -0.3 is 29.7 Å². The van der Waals surface area contributed by atoms with Crippen LogP contribution in [0.1, 0.15) is 26.3 Å². The van der Waals surface area contributed by atoms with Gasteiger partial charge in [0.1, 0.15) is 0 Å². The minimum atomic E-state index is -0.306. The first-order valence-corrected chi connectivity index (χ1v) is 20.5. The molecule has 0 fully saturated rings. The van der Waals surface area contributed by atoms with Gasteiger partial charge in [-0.05, 0) is 10.8 Å². The first-order valence-electron chi connectivity index (χ1n) is 8.77. The van der Waals surface area contributed by atoms with Crippen LogP contribution in [0.2, 0.25) is 0 Å². The molecule has 4 rings (SSSR count). The van der Waals surface area contributed by atoms with Gasteiger partial charge in [0.05, 0.1) is 0 Å². The molecular weight excluding hydrogens is 559 g/mol. The van der Waals surface area contributed by atoms with E-state index in [-0.39, 0.29) is 49.9 Å². The molecule has 0 atom stereocenters. The zero-order valence-corrected chi connectivity index (χ0v) is 25.3. The predicted octanol–water partition coefficient (Wildman–Crippen LogP) is 7.74. The van der Waals surface area contributed by atoms with Crippen LogP contribution in [0.15, 0.2) is 78.9 Å². The molecule has 0 unspecified atom stereocenters. The van der Waals surface area contributed by atoms with Crippen LogP contribution in [0.4, 0.5) is 0 Å². The maximum absolute atomic E-state index is 3.29. The standard InChI is InChI=1S/C13H9.C10H15.4CH3.Hf.2Si/c1-2-6-12-10(4-1)8-9-11-5-3-7-13(11)12;1-10(2,3)8-9-6-4-5-7-9;;;;;;;/h1-9H;4-7H,8H2,1-3H3;4*1H3;;;/q6*-1;;;. The van der Waals surface area contributed by atoms with E-state index < -0.39 is 0 Å². The van der Waals surface area contributed by atoms with E-state index in [2.05, 4.69) is 114 Å². The zero-order chi connectivity index (χ0) is 19.0. The van der Waals surface area contributed by atoms with Gasteiger partial charge in [-0.2, -0.15) is 35.9 Å². The van der Waals surface area contributed by atoms with Gasteiger partial charge in [0.2, 0.25) is 0 Å². The van der Waals surface area contributed by atoms with E-state index in [1.807, 2.05) is 0 Å². The molecule has 0 spiro atoms. The van der Waals surface area contributed by atoms with Crippen LogP contribution in [-0.2, 0) is 26.6 Å². The van der Waals surface area contributed by atoms with Gasteiger partial charge in [0.25, 0.3) is 0 Å². The Kier molecular flexibility index (Phi) is 18.6. The molecule has 0 bridgehead atoms. The summed E-state index contributed by atoms with van der Waals surface area (Å²) in [6.07, 6.45) is 1.18. The van der Waals surface area contributed by atoms with Crippen molar-refractivity contribution in [1.29, 1.82) is 0 Å². The number of hydrogen-bond acceptors (Lipinski definition) is 0. The molecule has 4 radical (unpaired) electrons. The number of benzene rings is 2. The molecule has 0 aliphatic carbocycles. The summed E-state index contributed by atoms with van der Waals surface area (Å²) in [5, 5.41) is 5.36. The quantitative estimate of drug-likeness (QED) is 0.156. The van der Waals surface area contributed by atoms with Crippen LogP contribution in [0.5, 0.6) is 0 Å². The van der Waals surface area contributed by atoms with Gasteiger partial charge in [-0.25, -0.2) is 6.07 Å². The minimum absolute atomic E-state index is 0. The molecule has 0 aliphatic rings. The summed E-state index contributed by atoms with van der Waals surface area (Å²) in [4.78, 5) is 0. The molecule has 30 heavy (non-hydrogen) atoms. The third kappa shape index (κ3) is 10.8. The van der Waals surface area contributed by atoms with Crippen LogP contribution in [0.3, 0.4) is 0 Å². The molecule has 0 heterocycles. The summed E-state index contributed by atoms with van der Waals surface area (Å²) < 4.78 is 0. The van der Waals surface area contributed by atoms with Crippen molar-refractivity contribution >= 4 is 35.4 Å². The number of rotatable bonds is 1. The topological polar surface area (TPSA) is 0 Å². The predicted molar refractivity (Wildman–Crippen MR) is 139 cm³/mol. The summed E-state index contributed by atoms with van der Waals surface area (Å²) in [6, 6.07) is 27.9. The van der Waals surface area contributed by atoms with Crippen LogP contribution < -0.4 is 0 Å². The Morgan fingerprint density at radius 2 is 1.43 bits per heavy atom. The number of fused-ring (bicyclic) bond motifs is 3. The maximum Gasteiger partial charge on any atom is -0.0370 e. The summed E-state index contributed by atoms with van der Waals surface area (Å²) in [5.41, 5.74) is 1.88. The van der Waals surface area contributed by atoms with Crippen molar-refractivity contribution in [2.24, 2.45) is 5.41 Å². The Morgan fingerprint density at radius 1 is 0.800 bits per heavy atom. The largest absolute Gasteiger partial charge is 0.168 e. The molecule has 0 N–H and O–H groups in total. The Labute approximate surface area is 201 Å². The van der Waals surface area contributed by atoms with E-state index in [1.165, 1.54) is 33.5 Å². The molecule has 0 aliphatic heterocycles. The summed E-state index contributed by atoms with van der Waals surface area (Å²) in [5.74, 6) is 0. The van der Waals surface area contributed by atoms with E-state index in [0.29, 0.717) is 5.41 Å². The van der Waals surface area contributed by atoms with Gasteiger partial charge >= 0.3 is 34.0 Å². The molecule has 0 aromatic heterocycles. The first-order chi connectivity index (χ1) is 12.4. The van der Waals surface area contributed by atoms with Crippen molar-refractivity contribution in [2.75, 3.05) is 0 Å². The van der Waals surface area contributed by atoms with E-state index >= 15 is 0 Å². The first kappa shape index (κ1) is 33.6. The van der Waals surface area contributed by atoms with E-state index in [1.54, 1.807) is 0 Å². The molecule has 4 aromatic rings. The monoisotopic (exact) mass is 596 g/mol. The van der Waals surface area contributed by atoms with Crippen molar-refractivity contribution in [2.45, 2.75) is 27.2 Å². The molecule has 0 amide bonds. The SMILES string of the molecule is CC(C)(C)Cc1cc[cH-]c1.[CH3-].[CH3-].[CH3-].[CH3-].[Si]=[Hf]=[Si].c1ccc2c(c1)ccc1[cH-]ccc12. The van der Waals surface area contributed by atoms with E-state index in [9.17, 15) is 0 Å². The summed E-state index contributed by atoms with van der Waals surface area (Å²) in [7, 11) is 0. The minimum Gasteiger partial charge on any atom is -0.168 e. The van der Waals surface area contributed by atoms with Crippen LogP contribution in [-0.4, -0.2) is 13.9 Å². The van der Waals surface area contributed by atoms with Crippen molar-refractivity contribution in [3.63, 3.8) is 0 Å². The molecule has 4 aromatic carbocycles. The Bertz CT molecular complexity index is 967. The zero-order valence-electron chi connectivity index (χ0n) is 19.7. The van der Waals surface area contributed by atoms with Crippen molar-refractivity contribution in [3.05, 3.63) is 114 Å². The molecule has 0 saturated carbocycles. The van der Waals surface area contributed by atoms with Crippen molar-refractivity contribution in [3.8, 4) is 0 Å². The third-order valence-corrected chi connectivity index (χ3v) is 4.01. The Morgan fingerprint density at radius 3 is 2.00 bits per heavy atom. The Hall–Kier alpha value is -1.04. The Balaban J connectivity index is -0.000000393. The molecule has 0 saturated heterocycles. The molecule has 0 nitrogen and oxygen atoms in total. The second kappa shape index (κ2) is 16.6. The number of hydrogen-bond donors (Lipinski definition) is 0. The van der Waals surface area contributed by atoms with Crippen LogP contribution in [0.25, 0.3) is 21.5 Å².